The molecular weight excluding hydrogens is 166 g/mol. The lowest BCUT2D eigenvalue weighted by Gasteiger charge is -2.33. The zero-order valence-electron chi connectivity index (χ0n) is 7.91. The molecule has 4 heteroatoms. The van der Waals surface area contributed by atoms with Crippen molar-refractivity contribution in [3.05, 3.63) is 0 Å². The molecule has 0 saturated carbocycles. The molecule has 0 atom stereocenters. The Bertz CT molecular complexity index is 185. The summed E-state index contributed by atoms with van der Waals surface area (Å²) >= 11 is 0. The van der Waals surface area contributed by atoms with Crippen molar-refractivity contribution in [3.8, 4) is 0 Å². The SMILES string of the molecule is O=C(CN1CCC1)N1CC[N]CC1. The number of likely N-dealkylation sites (tertiary alicyclic amines) is 1. The first-order chi connectivity index (χ1) is 6.36. The van der Waals surface area contributed by atoms with Crippen molar-refractivity contribution in [1.82, 2.24) is 15.1 Å². The number of rotatable bonds is 2. The lowest BCUT2D eigenvalue weighted by atomic mass is 10.2. The van der Waals surface area contributed by atoms with Crippen LogP contribution in [-0.2, 0) is 4.79 Å². The summed E-state index contributed by atoms with van der Waals surface area (Å²) in [7, 11) is 0. The van der Waals surface area contributed by atoms with Crippen LogP contribution in [0.25, 0.3) is 0 Å². The fourth-order valence-corrected chi connectivity index (χ4v) is 1.69. The first-order valence-electron chi connectivity index (χ1n) is 4.99. The molecule has 0 unspecified atom stereocenters. The van der Waals surface area contributed by atoms with Gasteiger partial charge in [-0.15, -0.1) is 0 Å². The summed E-state index contributed by atoms with van der Waals surface area (Å²) in [5.41, 5.74) is 0. The maximum Gasteiger partial charge on any atom is 0.236 e. The molecule has 4 nitrogen and oxygen atoms in total. The third-order valence-electron chi connectivity index (χ3n) is 2.72. The van der Waals surface area contributed by atoms with Crippen LogP contribution in [0.15, 0.2) is 0 Å². The Balaban J connectivity index is 1.74. The molecule has 0 aromatic carbocycles. The quantitative estimate of drug-likeness (QED) is 0.557. The summed E-state index contributed by atoms with van der Waals surface area (Å²) in [6.07, 6.45) is 1.25. The van der Waals surface area contributed by atoms with Gasteiger partial charge in [-0.25, -0.2) is 5.32 Å². The van der Waals surface area contributed by atoms with Crippen LogP contribution in [0.2, 0.25) is 0 Å². The Morgan fingerprint density at radius 3 is 2.38 bits per heavy atom. The number of hydrogen-bond donors (Lipinski definition) is 0. The maximum absolute atomic E-state index is 11.6. The Labute approximate surface area is 78.9 Å². The molecule has 2 aliphatic heterocycles. The predicted molar refractivity (Wildman–Crippen MR) is 49.5 cm³/mol. The molecule has 1 radical (unpaired) electrons. The van der Waals surface area contributed by atoms with Crippen molar-refractivity contribution in [2.24, 2.45) is 0 Å². The number of nitrogens with zero attached hydrogens (tertiary/aromatic N) is 3. The van der Waals surface area contributed by atoms with Crippen LogP contribution >= 0.6 is 0 Å². The van der Waals surface area contributed by atoms with E-state index in [2.05, 4.69) is 10.2 Å². The van der Waals surface area contributed by atoms with Crippen LogP contribution in [0.1, 0.15) is 6.42 Å². The molecule has 0 spiro atoms. The molecule has 1 amide bonds. The lowest BCUT2D eigenvalue weighted by Crippen LogP contribution is -2.50. The van der Waals surface area contributed by atoms with Crippen LogP contribution in [-0.4, -0.2) is 61.5 Å². The van der Waals surface area contributed by atoms with E-state index in [1.54, 1.807) is 0 Å². The van der Waals surface area contributed by atoms with E-state index in [4.69, 9.17) is 0 Å². The van der Waals surface area contributed by atoms with Crippen LogP contribution < -0.4 is 5.32 Å². The Hall–Kier alpha value is -0.610. The van der Waals surface area contributed by atoms with Gasteiger partial charge in [-0.2, -0.15) is 0 Å². The van der Waals surface area contributed by atoms with E-state index < -0.39 is 0 Å². The Kier molecular flexibility index (Phi) is 2.80. The van der Waals surface area contributed by atoms with E-state index in [1.165, 1.54) is 6.42 Å². The average molecular weight is 182 g/mol. The minimum absolute atomic E-state index is 0.287. The molecule has 2 fully saturated rings. The molecule has 2 heterocycles. The van der Waals surface area contributed by atoms with Gasteiger partial charge in [0.05, 0.1) is 6.54 Å². The van der Waals surface area contributed by atoms with Crippen molar-refractivity contribution in [1.29, 1.82) is 0 Å². The molecule has 0 bridgehead atoms. The third kappa shape index (κ3) is 2.19. The van der Waals surface area contributed by atoms with Crippen molar-refractivity contribution >= 4 is 5.91 Å². The van der Waals surface area contributed by atoms with Gasteiger partial charge in [0.2, 0.25) is 5.91 Å². The smallest absolute Gasteiger partial charge is 0.236 e. The largest absolute Gasteiger partial charge is 0.339 e. The fourth-order valence-electron chi connectivity index (χ4n) is 1.69. The number of carbonyl (C=O) groups excluding carboxylic acids is 1. The van der Waals surface area contributed by atoms with Gasteiger partial charge in [-0.1, -0.05) is 0 Å². The normalized spacial score (nSPS) is 24.2. The third-order valence-corrected chi connectivity index (χ3v) is 2.72. The van der Waals surface area contributed by atoms with E-state index in [0.717, 1.165) is 39.3 Å². The second kappa shape index (κ2) is 4.07. The summed E-state index contributed by atoms with van der Waals surface area (Å²) < 4.78 is 0. The molecule has 2 saturated heterocycles. The Morgan fingerprint density at radius 2 is 1.85 bits per heavy atom. The molecular formula is C9H16N3O. The summed E-state index contributed by atoms with van der Waals surface area (Å²) in [6.45, 7) is 6.13. The molecule has 2 rings (SSSR count). The highest BCUT2D eigenvalue weighted by molar-refractivity contribution is 5.78. The van der Waals surface area contributed by atoms with Crippen molar-refractivity contribution in [2.45, 2.75) is 6.42 Å². The van der Waals surface area contributed by atoms with Crippen LogP contribution in [0, 0.1) is 0 Å². The minimum atomic E-state index is 0.287. The fraction of sp³-hybridized carbons (Fsp3) is 0.889. The average Bonchev–Trinajstić information content (AvgIpc) is 2.12. The number of piperazine rings is 1. The molecule has 2 aliphatic rings. The summed E-state index contributed by atoms with van der Waals surface area (Å²) in [5.74, 6) is 0.287. The molecule has 73 valence electrons. The van der Waals surface area contributed by atoms with Gasteiger partial charge >= 0.3 is 0 Å². The number of carbonyl (C=O) groups is 1. The van der Waals surface area contributed by atoms with E-state index in [0.29, 0.717) is 6.54 Å². The second-order valence-corrected chi connectivity index (χ2v) is 3.68. The number of hydrogen-bond acceptors (Lipinski definition) is 2. The monoisotopic (exact) mass is 182 g/mol. The summed E-state index contributed by atoms with van der Waals surface area (Å²) in [5, 5.41) is 4.22. The van der Waals surface area contributed by atoms with Crippen LogP contribution in [0.5, 0.6) is 0 Å². The van der Waals surface area contributed by atoms with Gasteiger partial charge < -0.3 is 4.90 Å². The van der Waals surface area contributed by atoms with E-state index in [1.807, 2.05) is 4.90 Å². The predicted octanol–water partition coefficient (Wildman–Crippen LogP) is -0.861. The second-order valence-electron chi connectivity index (χ2n) is 3.68. The standard InChI is InChI=1S/C9H16N3O/c13-9(8-11-4-1-5-11)12-6-2-10-3-7-12/h1-8H2. The highest BCUT2D eigenvalue weighted by Gasteiger charge is 2.22. The molecule has 13 heavy (non-hydrogen) atoms. The first kappa shape index (κ1) is 8.97. The van der Waals surface area contributed by atoms with Crippen LogP contribution in [0.4, 0.5) is 0 Å². The van der Waals surface area contributed by atoms with Gasteiger partial charge in [-0.05, 0) is 19.5 Å². The molecule has 0 aromatic heterocycles. The lowest BCUT2D eigenvalue weighted by molar-refractivity contribution is -0.133. The molecule has 0 aromatic rings. The highest BCUT2D eigenvalue weighted by Crippen LogP contribution is 2.06. The van der Waals surface area contributed by atoms with Gasteiger partial charge in [0.15, 0.2) is 0 Å². The zero-order valence-corrected chi connectivity index (χ0v) is 7.91. The van der Waals surface area contributed by atoms with Crippen molar-refractivity contribution in [2.75, 3.05) is 45.8 Å². The van der Waals surface area contributed by atoms with E-state index in [9.17, 15) is 4.79 Å². The zero-order chi connectivity index (χ0) is 9.10. The van der Waals surface area contributed by atoms with Gasteiger partial charge in [0.1, 0.15) is 0 Å². The Morgan fingerprint density at radius 1 is 1.15 bits per heavy atom. The maximum atomic E-state index is 11.6. The van der Waals surface area contributed by atoms with Gasteiger partial charge in [0, 0.05) is 26.2 Å². The van der Waals surface area contributed by atoms with Crippen LogP contribution in [0.3, 0.4) is 0 Å². The summed E-state index contributed by atoms with van der Waals surface area (Å²) in [4.78, 5) is 15.8. The highest BCUT2D eigenvalue weighted by atomic mass is 16.2. The van der Waals surface area contributed by atoms with Gasteiger partial charge in [0.25, 0.3) is 0 Å². The van der Waals surface area contributed by atoms with E-state index in [-0.39, 0.29) is 5.91 Å². The van der Waals surface area contributed by atoms with Gasteiger partial charge in [-0.3, -0.25) is 9.69 Å². The first-order valence-corrected chi connectivity index (χ1v) is 4.99. The molecule has 0 N–H and O–H groups in total. The summed E-state index contributed by atoms with van der Waals surface area (Å²) in [6, 6.07) is 0. The topological polar surface area (TPSA) is 37.7 Å². The number of amides is 1. The minimum Gasteiger partial charge on any atom is -0.339 e. The van der Waals surface area contributed by atoms with Crippen molar-refractivity contribution in [3.63, 3.8) is 0 Å². The van der Waals surface area contributed by atoms with E-state index >= 15 is 0 Å². The molecule has 0 aliphatic carbocycles. The van der Waals surface area contributed by atoms with Crippen molar-refractivity contribution < 1.29 is 4.79 Å².